The van der Waals surface area contributed by atoms with E-state index < -0.39 is 0 Å². The summed E-state index contributed by atoms with van der Waals surface area (Å²) in [7, 11) is 0. The molecule has 0 spiro atoms. The van der Waals surface area contributed by atoms with E-state index >= 15 is 0 Å². The van der Waals surface area contributed by atoms with Gasteiger partial charge in [-0.1, -0.05) is 12.1 Å². The van der Waals surface area contributed by atoms with E-state index in [0.29, 0.717) is 17.1 Å². The zero-order valence-electron chi connectivity index (χ0n) is 9.48. The lowest BCUT2D eigenvalue weighted by atomic mass is 10.1. The Labute approximate surface area is 99.0 Å². The van der Waals surface area contributed by atoms with E-state index in [0.717, 1.165) is 5.57 Å². The summed E-state index contributed by atoms with van der Waals surface area (Å²) in [6.45, 7) is 1.78. The van der Waals surface area contributed by atoms with Crippen LogP contribution in [0, 0.1) is 5.82 Å². The lowest BCUT2D eigenvalue weighted by Gasteiger charge is -1.98. The van der Waals surface area contributed by atoms with Gasteiger partial charge >= 0.3 is 0 Å². The van der Waals surface area contributed by atoms with Gasteiger partial charge in [0.15, 0.2) is 0 Å². The van der Waals surface area contributed by atoms with Crippen LogP contribution in [0.4, 0.5) is 4.39 Å². The summed E-state index contributed by atoms with van der Waals surface area (Å²) < 4.78 is 19.0. The topological polar surface area (TPSA) is 33.4 Å². The summed E-state index contributed by atoms with van der Waals surface area (Å²) in [4.78, 5) is 0. The molecule has 88 valence electrons. The minimum atomic E-state index is -0.309. The molecule has 0 bridgehead atoms. The van der Waals surface area contributed by atoms with Crippen LogP contribution in [-0.4, -0.2) is 11.7 Å². The first-order valence-corrected chi connectivity index (χ1v) is 5.33. The Hall–Kier alpha value is -1.87. The normalized spacial score (nSPS) is 11.8. The number of halogens is 1. The molecule has 2 aromatic rings. The Morgan fingerprint density at radius 1 is 1.29 bits per heavy atom. The van der Waals surface area contributed by atoms with Gasteiger partial charge in [-0.25, -0.2) is 4.39 Å². The molecule has 0 atom stereocenters. The fraction of sp³-hybridized carbons (Fsp3) is 0.143. The van der Waals surface area contributed by atoms with Gasteiger partial charge in [-0.05, 0) is 42.8 Å². The highest BCUT2D eigenvalue weighted by atomic mass is 19.1. The van der Waals surface area contributed by atoms with Gasteiger partial charge in [-0.3, -0.25) is 0 Å². The fourth-order valence-electron chi connectivity index (χ4n) is 1.52. The van der Waals surface area contributed by atoms with E-state index in [1.807, 2.05) is 0 Å². The van der Waals surface area contributed by atoms with Crippen LogP contribution in [0.15, 0.2) is 46.4 Å². The molecule has 1 N–H and O–H groups in total. The summed E-state index contributed by atoms with van der Waals surface area (Å²) >= 11 is 0. The van der Waals surface area contributed by atoms with Crippen LogP contribution in [0.5, 0.6) is 0 Å². The first kappa shape index (κ1) is 11.6. The number of rotatable bonds is 3. The maximum absolute atomic E-state index is 13.5. The number of furan rings is 1. The number of benzene rings is 1. The molecule has 1 aromatic carbocycles. The van der Waals surface area contributed by atoms with Crippen LogP contribution in [0.1, 0.15) is 12.7 Å². The maximum Gasteiger partial charge on any atom is 0.137 e. The summed E-state index contributed by atoms with van der Waals surface area (Å²) in [6, 6.07) is 9.93. The van der Waals surface area contributed by atoms with Crippen molar-refractivity contribution in [1.82, 2.24) is 0 Å². The molecule has 0 radical (unpaired) electrons. The third-order valence-corrected chi connectivity index (χ3v) is 2.40. The molecule has 2 rings (SSSR count). The Kier molecular flexibility index (Phi) is 3.40. The standard InChI is InChI=1S/C14H13FO2/c1-10(9-16)8-11-6-7-14(17-11)12-4-2-3-5-13(12)15/h2-8,16H,9H2,1H3. The average Bonchev–Trinajstić information content (AvgIpc) is 2.78. The van der Waals surface area contributed by atoms with Crippen molar-refractivity contribution >= 4 is 6.08 Å². The van der Waals surface area contributed by atoms with Crippen molar-refractivity contribution in [2.45, 2.75) is 6.92 Å². The third kappa shape index (κ3) is 2.63. The molecule has 0 fully saturated rings. The number of hydrogen-bond acceptors (Lipinski definition) is 2. The minimum absolute atomic E-state index is 0.0181. The van der Waals surface area contributed by atoms with Crippen molar-refractivity contribution in [2.75, 3.05) is 6.61 Å². The van der Waals surface area contributed by atoms with Gasteiger partial charge in [0.1, 0.15) is 17.3 Å². The van der Waals surface area contributed by atoms with Crippen LogP contribution >= 0.6 is 0 Å². The van der Waals surface area contributed by atoms with Gasteiger partial charge in [0.05, 0.1) is 12.2 Å². The van der Waals surface area contributed by atoms with Crippen molar-refractivity contribution in [3.05, 3.63) is 53.5 Å². The summed E-state index contributed by atoms with van der Waals surface area (Å²) in [5, 5.41) is 8.89. The molecule has 1 heterocycles. The van der Waals surface area contributed by atoms with E-state index in [1.54, 1.807) is 43.3 Å². The predicted molar refractivity (Wildman–Crippen MR) is 64.8 cm³/mol. The Morgan fingerprint density at radius 2 is 2.06 bits per heavy atom. The van der Waals surface area contributed by atoms with Gasteiger partial charge in [0.2, 0.25) is 0 Å². The molecule has 0 saturated carbocycles. The second-order valence-electron chi connectivity index (χ2n) is 3.83. The number of hydrogen-bond donors (Lipinski definition) is 1. The molecule has 3 heteroatoms. The zero-order chi connectivity index (χ0) is 12.3. The number of aliphatic hydroxyl groups is 1. The molecular weight excluding hydrogens is 219 g/mol. The van der Waals surface area contributed by atoms with Gasteiger partial charge in [0, 0.05) is 0 Å². The molecule has 0 amide bonds. The second kappa shape index (κ2) is 4.97. The van der Waals surface area contributed by atoms with Crippen LogP contribution in [-0.2, 0) is 0 Å². The fourth-order valence-corrected chi connectivity index (χ4v) is 1.52. The van der Waals surface area contributed by atoms with E-state index in [1.165, 1.54) is 6.07 Å². The molecule has 17 heavy (non-hydrogen) atoms. The first-order valence-electron chi connectivity index (χ1n) is 5.33. The molecule has 0 aliphatic rings. The Morgan fingerprint density at radius 3 is 2.76 bits per heavy atom. The maximum atomic E-state index is 13.5. The van der Waals surface area contributed by atoms with Gasteiger partial charge < -0.3 is 9.52 Å². The zero-order valence-corrected chi connectivity index (χ0v) is 9.48. The molecule has 0 aliphatic heterocycles. The smallest absolute Gasteiger partial charge is 0.137 e. The molecule has 1 aromatic heterocycles. The number of aliphatic hydroxyl groups excluding tert-OH is 1. The average molecular weight is 232 g/mol. The Balaban J connectivity index is 2.34. The van der Waals surface area contributed by atoms with Gasteiger partial charge in [-0.2, -0.15) is 0 Å². The monoisotopic (exact) mass is 232 g/mol. The molecule has 0 aliphatic carbocycles. The van der Waals surface area contributed by atoms with E-state index in [2.05, 4.69) is 0 Å². The van der Waals surface area contributed by atoms with Crippen molar-refractivity contribution in [3.63, 3.8) is 0 Å². The minimum Gasteiger partial charge on any atom is -0.457 e. The van der Waals surface area contributed by atoms with E-state index in [-0.39, 0.29) is 12.4 Å². The highest BCUT2D eigenvalue weighted by Crippen LogP contribution is 2.25. The van der Waals surface area contributed by atoms with Crippen LogP contribution in [0.3, 0.4) is 0 Å². The molecule has 0 saturated heterocycles. The Bertz CT molecular complexity index is 541. The quantitative estimate of drug-likeness (QED) is 0.878. The SMILES string of the molecule is CC(=Cc1ccc(-c2ccccc2F)o1)CO. The van der Waals surface area contributed by atoms with Crippen molar-refractivity contribution in [3.8, 4) is 11.3 Å². The summed E-state index contributed by atoms with van der Waals surface area (Å²) in [6.07, 6.45) is 1.73. The summed E-state index contributed by atoms with van der Waals surface area (Å²) in [5.74, 6) is 0.783. The second-order valence-corrected chi connectivity index (χ2v) is 3.83. The predicted octanol–water partition coefficient (Wildman–Crippen LogP) is 3.48. The highest BCUT2D eigenvalue weighted by molar-refractivity contribution is 5.60. The lowest BCUT2D eigenvalue weighted by Crippen LogP contribution is -1.82. The lowest BCUT2D eigenvalue weighted by molar-refractivity contribution is 0.332. The third-order valence-electron chi connectivity index (χ3n) is 2.40. The molecule has 2 nitrogen and oxygen atoms in total. The molecule has 0 unspecified atom stereocenters. The van der Waals surface area contributed by atoms with E-state index in [4.69, 9.17) is 9.52 Å². The first-order chi connectivity index (χ1) is 8.20. The van der Waals surface area contributed by atoms with Crippen molar-refractivity contribution in [2.24, 2.45) is 0 Å². The van der Waals surface area contributed by atoms with Crippen LogP contribution in [0.2, 0.25) is 0 Å². The van der Waals surface area contributed by atoms with E-state index in [9.17, 15) is 4.39 Å². The molecular formula is C14H13FO2. The van der Waals surface area contributed by atoms with Gasteiger partial charge in [-0.15, -0.1) is 0 Å². The van der Waals surface area contributed by atoms with Crippen LogP contribution < -0.4 is 0 Å². The largest absolute Gasteiger partial charge is 0.457 e. The van der Waals surface area contributed by atoms with Crippen molar-refractivity contribution in [1.29, 1.82) is 0 Å². The van der Waals surface area contributed by atoms with Crippen molar-refractivity contribution < 1.29 is 13.9 Å². The van der Waals surface area contributed by atoms with Crippen LogP contribution in [0.25, 0.3) is 17.4 Å². The van der Waals surface area contributed by atoms with Gasteiger partial charge in [0.25, 0.3) is 0 Å². The summed E-state index contributed by atoms with van der Waals surface area (Å²) in [5.41, 5.74) is 1.23. The highest BCUT2D eigenvalue weighted by Gasteiger charge is 2.07.